The summed E-state index contributed by atoms with van der Waals surface area (Å²) in [5.74, 6) is 0.233. The Morgan fingerprint density at radius 1 is 1.10 bits per heavy atom. The van der Waals surface area contributed by atoms with E-state index in [2.05, 4.69) is 5.32 Å². The van der Waals surface area contributed by atoms with Crippen LogP contribution in [-0.2, 0) is 16.1 Å². The largest absolute Gasteiger partial charge is 0.484 e. The molecule has 0 saturated heterocycles. The van der Waals surface area contributed by atoms with Crippen LogP contribution in [0.1, 0.15) is 45.2 Å². The highest BCUT2D eigenvalue weighted by Crippen LogP contribution is 2.19. The normalized spacial score (nSPS) is 12.2. The van der Waals surface area contributed by atoms with Crippen LogP contribution >= 0.6 is 11.6 Å². The fourth-order valence-electron chi connectivity index (χ4n) is 3.10. The van der Waals surface area contributed by atoms with Crippen molar-refractivity contribution in [3.63, 3.8) is 0 Å². The molecule has 2 aromatic carbocycles. The number of hydrogen-bond donors (Lipinski definition) is 1. The third-order valence-electron chi connectivity index (χ3n) is 4.60. The Labute approximate surface area is 184 Å². The van der Waals surface area contributed by atoms with Gasteiger partial charge < -0.3 is 15.0 Å². The zero-order valence-electron chi connectivity index (χ0n) is 18.4. The van der Waals surface area contributed by atoms with Crippen molar-refractivity contribution in [3.05, 3.63) is 64.7 Å². The Balaban J connectivity index is 2.24. The van der Waals surface area contributed by atoms with Crippen molar-refractivity contribution in [1.29, 1.82) is 0 Å². The average Bonchev–Trinajstić information content (AvgIpc) is 2.67. The second kappa shape index (κ2) is 10.5. The van der Waals surface area contributed by atoms with Gasteiger partial charge in [0.2, 0.25) is 5.91 Å². The van der Waals surface area contributed by atoms with E-state index in [0.717, 1.165) is 11.1 Å². The highest BCUT2D eigenvalue weighted by Gasteiger charge is 2.30. The maximum Gasteiger partial charge on any atom is 0.261 e. The molecule has 0 aliphatic rings. The van der Waals surface area contributed by atoms with E-state index in [4.69, 9.17) is 16.3 Å². The standard InChI is InChI=1S/C24H31ClN2O3/c1-6-20(23(29)26-24(3,4)5)27(15-18-11-13-19(25)14-12-18)22(28)16-30-21-10-8-7-9-17(21)2/h7-14,20H,6,15-16H2,1-5H3,(H,26,29)/t20-/m0/s1. The summed E-state index contributed by atoms with van der Waals surface area (Å²) < 4.78 is 5.77. The third-order valence-corrected chi connectivity index (χ3v) is 4.85. The molecule has 0 aliphatic heterocycles. The summed E-state index contributed by atoms with van der Waals surface area (Å²) >= 11 is 5.99. The molecule has 162 valence electrons. The molecule has 0 spiro atoms. The molecule has 2 rings (SSSR count). The van der Waals surface area contributed by atoms with Crippen LogP contribution in [0.15, 0.2) is 48.5 Å². The SMILES string of the molecule is CC[C@@H](C(=O)NC(C)(C)C)N(Cc1ccc(Cl)cc1)C(=O)COc1ccccc1C. The lowest BCUT2D eigenvalue weighted by atomic mass is 10.1. The minimum Gasteiger partial charge on any atom is -0.484 e. The van der Waals surface area contributed by atoms with E-state index in [1.807, 2.05) is 71.0 Å². The number of nitrogens with one attached hydrogen (secondary N) is 1. The van der Waals surface area contributed by atoms with Gasteiger partial charge in [0, 0.05) is 17.1 Å². The first-order valence-corrected chi connectivity index (χ1v) is 10.5. The molecular weight excluding hydrogens is 400 g/mol. The van der Waals surface area contributed by atoms with Gasteiger partial charge in [0.15, 0.2) is 6.61 Å². The number of amides is 2. The fraction of sp³-hybridized carbons (Fsp3) is 0.417. The smallest absolute Gasteiger partial charge is 0.261 e. The molecule has 1 N–H and O–H groups in total. The summed E-state index contributed by atoms with van der Waals surface area (Å²) in [4.78, 5) is 27.7. The van der Waals surface area contributed by atoms with Gasteiger partial charge in [-0.1, -0.05) is 48.9 Å². The summed E-state index contributed by atoms with van der Waals surface area (Å²) in [6.45, 7) is 9.74. The van der Waals surface area contributed by atoms with Crippen LogP contribution < -0.4 is 10.1 Å². The van der Waals surface area contributed by atoms with Crippen molar-refractivity contribution in [2.24, 2.45) is 0 Å². The zero-order chi connectivity index (χ0) is 22.3. The first-order valence-electron chi connectivity index (χ1n) is 10.1. The van der Waals surface area contributed by atoms with Gasteiger partial charge in [-0.3, -0.25) is 9.59 Å². The van der Waals surface area contributed by atoms with E-state index in [9.17, 15) is 9.59 Å². The van der Waals surface area contributed by atoms with Gasteiger partial charge in [-0.05, 0) is 63.4 Å². The van der Waals surface area contributed by atoms with Gasteiger partial charge in [0.1, 0.15) is 11.8 Å². The molecule has 2 aromatic rings. The van der Waals surface area contributed by atoms with Gasteiger partial charge in [-0.25, -0.2) is 0 Å². The average molecular weight is 431 g/mol. The van der Waals surface area contributed by atoms with E-state index in [-0.39, 0.29) is 18.4 Å². The number of ether oxygens (including phenoxy) is 1. The molecule has 6 heteroatoms. The van der Waals surface area contributed by atoms with Gasteiger partial charge in [0.25, 0.3) is 5.91 Å². The van der Waals surface area contributed by atoms with E-state index in [0.29, 0.717) is 23.7 Å². The van der Waals surface area contributed by atoms with Crippen LogP contribution in [-0.4, -0.2) is 34.9 Å². The van der Waals surface area contributed by atoms with Gasteiger partial charge in [-0.2, -0.15) is 0 Å². The lowest BCUT2D eigenvalue weighted by Crippen LogP contribution is -2.54. The Morgan fingerprint density at radius 3 is 2.30 bits per heavy atom. The van der Waals surface area contributed by atoms with Crippen molar-refractivity contribution >= 4 is 23.4 Å². The lowest BCUT2D eigenvalue weighted by Gasteiger charge is -2.33. The summed E-state index contributed by atoms with van der Waals surface area (Å²) in [5.41, 5.74) is 1.45. The van der Waals surface area contributed by atoms with Crippen LogP contribution in [0.2, 0.25) is 5.02 Å². The molecule has 1 atom stereocenters. The summed E-state index contributed by atoms with van der Waals surface area (Å²) in [6, 6.07) is 14.2. The van der Waals surface area contributed by atoms with E-state index in [1.165, 1.54) is 0 Å². The lowest BCUT2D eigenvalue weighted by molar-refractivity contribution is -0.143. The monoisotopic (exact) mass is 430 g/mol. The highest BCUT2D eigenvalue weighted by atomic mass is 35.5. The van der Waals surface area contributed by atoms with Crippen LogP contribution in [0.4, 0.5) is 0 Å². The summed E-state index contributed by atoms with van der Waals surface area (Å²) in [7, 11) is 0. The number of rotatable bonds is 8. The molecule has 0 fully saturated rings. The molecular formula is C24H31ClN2O3. The first kappa shape index (κ1) is 23.7. The van der Waals surface area contributed by atoms with Crippen LogP contribution in [0, 0.1) is 6.92 Å². The predicted molar refractivity (Wildman–Crippen MR) is 121 cm³/mol. The molecule has 0 aromatic heterocycles. The molecule has 0 radical (unpaired) electrons. The van der Waals surface area contributed by atoms with Crippen molar-refractivity contribution in [2.45, 2.75) is 59.2 Å². The van der Waals surface area contributed by atoms with Crippen molar-refractivity contribution in [1.82, 2.24) is 10.2 Å². The number of para-hydroxylation sites is 1. The Bertz CT molecular complexity index is 859. The van der Waals surface area contributed by atoms with Crippen molar-refractivity contribution in [2.75, 3.05) is 6.61 Å². The molecule has 0 aliphatic carbocycles. The molecule has 30 heavy (non-hydrogen) atoms. The molecule has 0 heterocycles. The quantitative estimate of drug-likeness (QED) is 0.657. The number of halogens is 1. The molecule has 5 nitrogen and oxygen atoms in total. The predicted octanol–water partition coefficient (Wildman–Crippen LogP) is 4.75. The van der Waals surface area contributed by atoms with Crippen molar-refractivity contribution in [3.8, 4) is 5.75 Å². The molecule has 2 amide bonds. The van der Waals surface area contributed by atoms with E-state index < -0.39 is 11.6 Å². The number of benzene rings is 2. The second-order valence-corrected chi connectivity index (χ2v) is 8.80. The minimum absolute atomic E-state index is 0.141. The highest BCUT2D eigenvalue weighted by molar-refractivity contribution is 6.30. The van der Waals surface area contributed by atoms with Crippen molar-refractivity contribution < 1.29 is 14.3 Å². The maximum atomic E-state index is 13.2. The second-order valence-electron chi connectivity index (χ2n) is 8.37. The Hall–Kier alpha value is -2.53. The third kappa shape index (κ3) is 7.06. The van der Waals surface area contributed by atoms with E-state index >= 15 is 0 Å². The van der Waals surface area contributed by atoms with Crippen LogP contribution in [0.25, 0.3) is 0 Å². The number of carbonyl (C=O) groups excluding carboxylic acids is 2. The Morgan fingerprint density at radius 2 is 1.73 bits per heavy atom. The maximum absolute atomic E-state index is 13.2. The number of carbonyl (C=O) groups is 2. The summed E-state index contributed by atoms with van der Waals surface area (Å²) in [6.07, 6.45) is 0.492. The van der Waals surface area contributed by atoms with E-state index in [1.54, 1.807) is 17.0 Å². The summed E-state index contributed by atoms with van der Waals surface area (Å²) in [5, 5.41) is 3.61. The fourth-order valence-corrected chi connectivity index (χ4v) is 3.23. The Kier molecular flexibility index (Phi) is 8.30. The molecule has 0 saturated carbocycles. The topological polar surface area (TPSA) is 58.6 Å². The minimum atomic E-state index is -0.604. The van der Waals surface area contributed by atoms with Crippen LogP contribution in [0.5, 0.6) is 5.75 Å². The number of aryl methyl sites for hydroxylation is 1. The van der Waals surface area contributed by atoms with Gasteiger partial charge >= 0.3 is 0 Å². The van der Waals surface area contributed by atoms with Gasteiger partial charge in [0.05, 0.1) is 0 Å². The number of hydrogen-bond acceptors (Lipinski definition) is 3. The van der Waals surface area contributed by atoms with Crippen LogP contribution in [0.3, 0.4) is 0 Å². The van der Waals surface area contributed by atoms with Gasteiger partial charge in [-0.15, -0.1) is 0 Å². The number of nitrogens with zero attached hydrogens (tertiary/aromatic N) is 1. The first-order chi connectivity index (χ1) is 14.1. The zero-order valence-corrected chi connectivity index (χ0v) is 19.1. The molecule has 0 bridgehead atoms. The molecule has 0 unspecified atom stereocenters.